The Labute approximate surface area is 124 Å². The molecule has 2 heterocycles. The number of nitrogens with one attached hydrogen (secondary N) is 2. The van der Waals surface area contributed by atoms with Gasteiger partial charge in [-0.05, 0) is 30.7 Å². The van der Waals surface area contributed by atoms with Crippen LogP contribution in [0.4, 0.5) is 19.0 Å². The van der Waals surface area contributed by atoms with Crippen LogP contribution in [0, 0.1) is 6.92 Å². The van der Waals surface area contributed by atoms with E-state index in [1.54, 1.807) is 0 Å². The summed E-state index contributed by atoms with van der Waals surface area (Å²) in [7, 11) is 0. The van der Waals surface area contributed by atoms with Gasteiger partial charge in [0.1, 0.15) is 11.6 Å². The minimum atomic E-state index is -4.37. The fraction of sp³-hybridized carbons (Fsp3) is 0.200. The second-order valence-electron chi connectivity index (χ2n) is 4.94. The van der Waals surface area contributed by atoms with Crippen molar-refractivity contribution >= 4 is 16.9 Å². The van der Waals surface area contributed by atoms with Gasteiger partial charge in [0, 0.05) is 6.20 Å². The number of halogens is 3. The highest BCUT2D eigenvalue weighted by atomic mass is 19.4. The first-order valence-electron chi connectivity index (χ1n) is 6.65. The lowest BCUT2D eigenvalue weighted by Gasteiger charge is -2.07. The summed E-state index contributed by atoms with van der Waals surface area (Å²) in [5.74, 6) is 1.07. The first kappa shape index (κ1) is 14.4. The van der Waals surface area contributed by atoms with E-state index in [2.05, 4.69) is 20.3 Å². The number of hydrogen-bond donors (Lipinski definition) is 2. The maximum atomic E-state index is 12.5. The number of benzene rings is 1. The van der Waals surface area contributed by atoms with E-state index in [0.29, 0.717) is 18.2 Å². The molecule has 0 aliphatic heterocycles. The van der Waals surface area contributed by atoms with Crippen LogP contribution in [-0.2, 0) is 12.7 Å². The molecule has 2 aromatic heterocycles. The standard InChI is InChI=1S/C15H13F3N4/c1-9-3-2-4-11-14(9)22-13(21-11)8-20-12-6-5-10(7-19-12)15(16,17)18/h2-7H,8H2,1H3,(H,19,20)(H,21,22). The number of pyridine rings is 1. The topological polar surface area (TPSA) is 53.6 Å². The summed E-state index contributed by atoms with van der Waals surface area (Å²) in [6.07, 6.45) is -3.56. The highest BCUT2D eigenvalue weighted by Crippen LogP contribution is 2.28. The summed E-state index contributed by atoms with van der Waals surface area (Å²) < 4.78 is 37.4. The van der Waals surface area contributed by atoms with Crippen molar-refractivity contribution in [1.82, 2.24) is 15.0 Å². The monoisotopic (exact) mass is 306 g/mol. The number of alkyl halides is 3. The number of rotatable bonds is 3. The van der Waals surface area contributed by atoms with Crippen LogP contribution in [0.3, 0.4) is 0 Å². The molecule has 0 aliphatic carbocycles. The molecule has 3 aromatic rings. The molecule has 0 fully saturated rings. The molecule has 0 unspecified atom stereocenters. The zero-order valence-corrected chi connectivity index (χ0v) is 11.7. The number of anilines is 1. The van der Waals surface area contributed by atoms with Gasteiger partial charge in [-0.15, -0.1) is 0 Å². The van der Waals surface area contributed by atoms with Gasteiger partial charge in [-0.1, -0.05) is 12.1 Å². The lowest BCUT2D eigenvalue weighted by molar-refractivity contribution is -0.137. The molecule has 22 heavy (non-hydrogen) atoms. The molecule has 0 radical (unpaired) electrons. The van der Waals surface area contributed by atoms with Gasteiger partial charge in [-0.2, -0.15) is 13.2 Å². The molecule has 3 rings (SSSR count). The molecule has 7 heteroatoms. The van der Waals surface area contributed by atoms with Crippen molar-refractivity contribution in [3.63, 3.8) is 0 Å². The van der Waals surface area contributed by atoms with Gasteiger partial charge < -0.3 is 10.3 Å². The minimum Gasteiger partial charge on any atom is -0.363 e. The fourth-order valence-electron chi connectivity index (χ4n) is 2.15. The van der Waals surface area contributed by atoms with Gasteiger partial charge in [0.2, 0.25) is 0 Å². The van der Waals surface area contributed by atoms with E-state index in [4.69, 9.17) is 0 Å². The highest BCUT2D eigenvalue weighted by molar-refractivity contribution is 5.78. The minimum absolute atomic E-state index is 0.354. The number of hydrogen-bond acceptors (Lipinski definition) is 3. The van der Waals surface area contributed by atoms with Crippen LogP contribution in [0.15, 0.2) is 36.5 Å². The number of H-pyrrole nitrogens is 1. The third-order valence-electron chi connectivity index (χ3n) is 3.29. The third kappa shape index (κ3) is 2.88. The normalized spacial score (nSPS) is 11.8. The van der Waals surface area contributed by atoms with Crippen molar-refractivity contribution in [2.75, 3.05) is 5.32 Å². The van der Waals surface area contributed by atoms with Crippen molar-refractivity contribution in [2.45, 2.75) is 19.6 Å². The second kappa shape index (κ2) is 5.32. The Kier molecular flexibility index (Phi) is 3.48. The van der Waals surface area contributed by atoms with Gasteiger partial charge in [-0.25, -0.2) is 9.97 Å². The van der Waals surface area contributed by atoms with Crippen molar-refractivity contribution in [2.24, 2.45) is 0 Å². The molecule has 0 saturated carbocycles. The van der Waals surface area contributed by atoms with E-state index in [1.807, 2.05) is 25.1 Å². The van der Waals surface area contributed by atoms with E-state index in [9.17, 15) is 13.2 Å². The van der Waals surface area contributed by atoms with Crippen LogP contribution in [0.25, 0.3) is 11.0 Å². The third-order valence-corrected chi connectivity index (χ3v) is 3.29. The molecule has 0 atom stereocenters. The number of imidazole rings is 1. The highest BCUT2D eigenvalue weighted by Gasteiger charge is 2.30. The van der Waals surface area contributed by atoms with E-state index in [0.717, 1.165) is 28.9 Å². The predicted octanol–water partition coefficient (Wildman–Crippen LogP) is 3.90. The Morgan fingerprint density at radius 3 is 2.64 bits per heavy atom. The van der Waals surface area contributed by atoms with Crippen LogP contribution in [0.1, 0.15) is 17.0 Å². The van der Waals surface area contributed by atoms with E-state index < -0.39 is 11.7 Å². The molecule has 0 amide bonds. The van der Waals surface area contributed by atoms with Crippen LogP contribution in [0.2, 0.25) is 0 Å². The number of aromatic nitrogens is 3. The predicted molar refractivity (Wildman–Crippen MR) is 77.4 cm³/mol. The molecule has 0 aliphatic rings. The van der Waals surface area contributed by atoms with Crippen LogP contribution >= 0.6 is 0 Å². The van der Waals surface area contributed by atoms with Crippen molar-refractivity contribution in [3.8, 4) is 0 Å². The Morgan fingerprint density at radius 1 is 1.18 bits per heavy atom. The summed E-state index contributed by atoms with van der Waals surface area (Å²) >= 11 is 0. The SMILES string of the molecule is Cc1cccc2[nH]c(CNc3ccc(C(F)(F)F)cn3)nc12. The lowest BCUT2D eigenvalue weighted by atomic mass is 10.2. The van der Waals surface area contributed by atoms with Gasteiger partial charge in [-0.3, -0.25) is 0 Å². The molecule has 114 valence electrons. The zero-order chi connectivity index (χ0) is 15.7. The molecule has 0 saturated heterocycles. The fourth-order valence-corrected chi connectivity index (χ4v) is 2.15. The van der Waals surface area contributed by atoms with E-state index in [1.165, 1.54) is 6.07 Å². The number of para-hydroxylation sites is 1. The lowest BCUT2D eigenvalue weighted by Crippen LogP contribution is -2.07. The Bertz CT molecular complexity index is 791. The molecule has 0 bridgehead atoms. The molecular weight excluding hydrogens is 293 g/mol. The van der Waals surface area contributed by atoms with Gasteiger partial charge in [0.05, 0.1) is 23.1 Å². The Balaban J connectivity index is 1.72. The van der Waals surface area contributed by atoms with Crippen LogP contribution < -0.4 is 5.32 Å². The molecular formula is C15H13F3N4. The summed E-state index contributed by atoms with van der Waals surface area (Å²) in [5, 5.41) is 2.95. The van der Waals surface area contributed by atoms with Crippen LogP contribution in [-0.4, -0.2) is 15.0 Å². The maximum absolute atomic E-state index is 12.5. The number of aryl methyl sites for hydroxylation is 1. The second-order valence-corrected chi connectivity index (χ2v) is 4.94. The van der Waals surface area contributed by atoms with E-state index >= 15 is 0 Å². The molecule has 4 nitrogen and oxygen atoms in total. The molecule has 1 aromatic carbocycles. The van der Waals surface area contributed by atoms with Gasteiger partial charge in [0.15, 0.2) is 0 Å². The van der Waals surface area contributed by atoms with Crippen LogP contribution in [0.5, 0.6) is 0 Å². The zero-order valence-electron chi connectivity index (χ0n) is 11.7. The quantitative estimate of drug-likeness (QED) is 0.771. The first-order valence-corrected chi connectivity index (χ1v) is 6.65. The molecule has 2 N–H and O–H groups in total. The van der Waals surface area contributed by atoms with Crippen molar-refractivity contribution < 1.29 is 13.2 Å². The summed E-state index contributed by atoms with van der Waals surface area (Å²) in [6.45, 7) is 2.32. The van der Waals surface area contributed by atoms with Gasteiger partial charge in [0.25, 0.3) is 0 Å². The van der Waals surface area contributed by atoms with Gasteiger partial charge >= 0.3 is 6.18 Å². The average Bonchev–Trinajstić information content (AvgIpc) is 2.89. The van der Waals surface area contributed by atoms with E-state index in [-0.39, 0.29) is 0 Å². The summed E-state index contributed by atoms with van der Waals surface area (Å²) in [4.78, 5) is 11.4. The largest absolute Gasteiger partial charge is 0.417 e. The number of nitrogens with zero attached hydrogens (tertiary/aromatic N) is 2. The first-order chi connectivity index (χ1) is 10.4. The molecule has 0 spiro atoms. The Hall–Kier alpha value is -2.57. The van der Waals surface area contributed by atoms with Crippen molar-refractivity contribution in [3.05, 3.63) is 53.5 Å². The smallest absolute Gasteiger partial charge is 0.363 e. The van der Waals surface area contributed by atoms with Crippen molar-refractivity contribution in [1.29, 1.82) is 0 Å². The maximum Gasteiger partial charge on any atom is 0.417 e. The number of fused-ring (bicyclic) bond motifs is 1. The average molecular weight is 306 g/mol. The summed E-state index contributed by atoms with van der Waals surface area (Å²) in [5.41, 5.74) is 2.11. The Morgan fingerprint density at radius 2 is 2.00 bits per heavy atom. The number of aromatic amines is 1. The summed E-state index contributed by atoms with van der Waals surface area (Å²) in [6, 6.07) is 8.13.